The van der Waals surface area contributed by atoms with Gasteiger partial charge in [-0.1, -0.05) is 39.7 Å². The van der Waals surface area contributed by atoms with Crippen molar-refractivity contribution in [3.63, 3.8) is 0 Å². The normalized spacial score (nSPS) is 52.1. The molecule has 0 bridgehead atoms. The van der Waals surface area contributed by atoms with E-state index in [-0.39, 0.29) is 17.0 Å². The third-order valence-corrected chi connectivity index (χ3v) is 11.1. The van der Waals surface area contributed by atoms with Crippen LogP contribution >= 0.6 is 0 Å². The fourth-order valence-corrected chi connectivity index (χ4v) is 9.00. The number of aliphatic hydroxyl groups excluding tert-OH is 1. The van der Waals surface area contributed by atoms with Crippen molar-refractivity contribution in [2.45, 2.75) is 92.4 Å². The molecule has 4 saturated carbocycles. The van der Waals surface area contributed by atoms with Crippen molar-refractivity contribution < 1.29 is 9.90 Å². The molecular formula is C27H40O2. The molecule has 0 aliphatic heterocycles. The highest BCUT2D eigenvalue weighted by Gasteiger charge is 2.61. The minimum atomic E-state index is -0.153. The maximum Gasteiger partial charge on any atom is 0.220 e. The van der Waals surface area contributed by atoms with Crippen LogP contribution in [0.5, 0.6) is 0 Å². The van der Waals surface area contributed by atoms with E-state index < -0.39 is 0 Å². The van der Waals surface area contributed by atoms with Crippen molar-refractivity contribution in [3.05, 3.63) is 23.0 Å². The number of carbonyl (C=O) groups excluding carboxylic acids is 1. The Morgan fingerprint density at radius 2 is 1.69 bits per heavy atom. The van der Waals surface area contributed by atoms with Crippen molar-refractivity contribution in [3.8, 4) is 0 Å². The topological polar surface area (TPSA) is 37.3 Å². The summed E-state index contributed by atoms with van der Waals surface area (Å²) in [5.41, 5.74) is 3.16. The number of aliphatic hydroxyl groups is 1. The molecule has 160 valence electrons. The molecule has 0 radical (unpaired) electrons. The van der Waals surface area contributed by atoms with E-state index in [1.807, 2.05) is 13.0 Å². The molecule has 0 aromatic rings. The number of allylic oxidation sites excluding steroid dienone is 3. The number of rotatable bonds is 0. The quantitative estimate of drug-likeness (QED) is 0.478. The predicted octanol–water partition coefficient (Wildman–Crippen LogP) is 7.01. The Bertz CT molecular complexity index is 805. The second-order valence-corrected chi connectivity index (χ2v) is 12.4. The highest BCUT2D eigenvalue weighted by atomic mass is 16.3. The average Bonchev–Trinajstić information content (AvgIpc) is 2.68. The fourth-order valence-electron chi connectivity index (χ4n) is 9.00. The van der Waals surface area contributed by atoms with Gasteiger partial charge in [-0.05, 0) is 110 Å². The Hall–Kier alpha value is -1.05. The summed E-state index contributed by atoms with van der Waals surface area (Å²) in [4.78, 5) is 12.5. The molecule has 4 fully saturated rings. The van der Waals surface area contributed by atoms with Crippen molar-refractivity contribution in [1.82, 2.24) is 0 Å². The number of hydrogen-bond acceptors (Lipinski definition) is 2. The molecular weight excluding hydrogens is 356 g/mol. The molecule has 0 spiro atoms. The summed E-state index contributed by atoms with van der Waals surface area (Å²) < 4.78 is 0. The van der Waals surface area contributed by atoms with Gasteiger partial charge in [0.05, 0.1) is 0 Å². The molecule has 8 atom stereocenters. The van der Waals surface area contributed by atoms with Crippen molar-refractivity contribution in [1.29, 1.82) is 0 Å². The first-order valence-corrected chi connectivity index (χ1v) is 12.3. The Labute approximate surface area is 177 Å². The summed E-state index contributed by atoms with van der Waals surface area (Å²) in [6, 6.07) is 0. The first-order chi connectivity index (χ1) is 13.6. The first kappa shape index (κ1) is 19.9. The van der Waals surface area contributed by atoms with Gasteiger partial charge in [0.25, 0.3) is 0 Å². The van der Waals surface area contributed by atoms with Crippen LogP contribution in [0.25, 0.3) is 0 Å². The van der Waals surface area contributed by atoms with Crippen LogP contribution in [0.1, 0.15) is 92.4 Å². The lowest BCUT2D eigenvalue weighted by atomic mass is 9.39. The Balaban J connectivity index is 1.50. The summed E-state index contributed by atoms with van der Waals surface area (Å²) in [6.07, 6.45) is 13.8. The summed E-state index contributed by atoms with van der Waals surface area (Å²) >= 11 is 0. The van der Waals surface area contributed by atoms with Gasteiger partial charge in [0.1, 0.15) is 0 Å². The van der Waals surface area contributed by atoms with E-state index in [0.29, 0.717) is 22.7 Å². The molecule has 8 unspecified atom stereocenters. The lowest BCUT2D eigenvalue weighted by Gasteiger charge is -2.65. The van der Waals surface area contributed by atoms with Gasteiger partial charge in [-0.2, -0.15) is 0 Å². The molecule has 2 nitrogen and oxygen atoms in total. The summed E-state index contributed by atoms with van der Waals surface area (Å²) in [5.74, 6) is 3.75. The minimum Gasteiger partial charge on any atom is -0.504 e. The van der Waals surface area contributed by atoms with Gasteiger partial charge >= 0.3 is 0 Å². The minimum absolute atomic E-state index is 0.0132. The molecule has 1 N–H and O–H groups in total. The van der Waals surface area contributed by atoms with Crippen LogP contribution in [0.3, 0.4) is 0 Å². The smallest absolute Gasteiger partial charge is 0.220 e. The van der Waals surface area contributed by atoms with Gasteiger partial charge in [-0.3, -0.25) is 4.79 Å². The molecule has 5 aliphatic rings. The Morgan fingerprint density at radius 1 is 0.931 bits per heavy atom. The molecule has 5 aliphatic carbocycles. The van der Waals surface area contributed by atoms with E-state index in [2.05, 4.69) is 27.7 Å². The molecule has 0 amide bonds. The first-order valence-electron chi connectivity index (χ1n) is 12.3. The highest BCUT2D eigenvalue weighted by molar-refractivity contribution is 6.04. The highest BCUT2D eigenvalue weighted by Crippen LogP contribution is 2.69. The number of carbonyl (C=O) groups is 1. The van der Waals surface area contributed by atoms with Crippen LogP contribution in [-0.2, 0) is 4.79 Å². The Morgan fingerprint density at radius 3 is 2.45 bits per heavy atom. The second kappa shape index (κ2) is 6.24. The summed E-state index contributed by atoms with van der Waals surface area (Å²) in [7, 11) is 0. The van der Waals surface area contributed by atoms with Gasteiger partial charge in [0, 0.05) is 5.41 Å². The molecule has 0 heterocycles. The second-order valence-electron chi connectivity index (χ2n) is 12.4. The van der Waals surface area contributed by atoms with Crippen molar-refractivity contribution in [2.75, 3.05) is 0 Å². The Kier molecular flexibility index (Phi) is 4.28. The van der Waals surface area contributed by atoms with Crippen molar-refractivity contribution >= 4 is 5.78 Å². The zero-order chi connectivity index (χ0) is 20.8. The van der Waals surface area contributed by atoms with Gasteiger partial charge < -0.3 is 5.11 Å². The molecule has 0 saturated heterocycles. The maximum absolute atomic E-state index is 12.5. The van der Waals surface area contributed by atoms with E-state index in [4.69, 9.17) is 0 Å². The van der Waals surface area contributed by atoms with Crippen LogP contribution in [0.4, 0.5) is 0 Å². The van der Waals surface area contributed by atoms with E-state index in [0.717, 1.165) is 29.7 Å². The van der Waals surface area contributed by atoms with Crippen molar-refractivity contribution in [2.24, 2.45) is 45.8 Å². The lowest BCUT2D eigenvalue weighted by Crippen LogP contribution is -2.57. The van der Waals surface area contributed by atoms with E-state index >= 15 is 0 Å². The third kappa shape index (κ3) is 2.56. The van der Waals surface area contributed by atoms with Gasteiger partial charge in [-0.15, -0.1) is 0 Å². The molecule has 0 aromatic carbocycles. The van der Waals surface area contributed by atoms with Crippen LogP contribution in [0.2, 0.25) is 0 Å². The molecule has 5 rings (SSSR count). The molecule has 29 heavy (non-hydrogen) atoms. The number of fused-ring (bicyclic) bond motifs is 7. The monoisotopic (exact) mass is 396 g/mol. The van der Waals surface area contributed by atoms with Crippen LogP contribution < -0.4 is 0 Å². The van der Waals surface area contributed by atoms with E-state index in [1.54, 1.807) is 0 Å². The zero-order valence-corrected chi connectivity index (χ0v) is 19.2. The summed E-state index contributed by atoms with van der Waals surface area (Å²) in [6.45, 7) is 12.0. The maximum atomic E-state index is 12.5. The van der Waals surface area contributed by atoms with Gasteiger partial charge in [0.2, 0.25) is 5.78 Å². The largest absolute Gasteiger partial charge is 0.504 e. The standard InChI is InChI=1S/C27H40O2/c1-16-8-10-25(3)12-13-27(5)19-9-11-26(4)17(2)24(29)23(28)15-21(26)18(19)6-7-20(27)22(25)14-16/h15-16,18-20,22,29H,6-14H2,1-5H3. The van der Waals surface area contributed by atoms with Crippen LogP contribution in [-0.4, -0.2) is 10.9 Å². The fraction of sp³-hybridized carbons (Fsp3) is 0.815. The van der Waals surface area contributed by atoms with Crippen LogP contribution in [0, 0.1) is 45.8 Å². The number of hydrogen-bond donors (Lipinski definition) is 1. The third-order valence-electron chi connectivity index (χ3n) is 11.1. The predicted molar refractivity (Wildman–Crippen MR) is 117 cm³/mol. The zero-order valence-electron chi connectivity index (χ0n) is 19.2. The van der Waals surface area contributed by atoms with Gasteiger partial charge in [0.15, 0.2) is 5.76 Å². The van der Waals surface area contributed by atoms with Crippen LogP contribution in [0.15, 0.2) is 23.0 Å². The number of ketones is 1. The summed E-state index contributed by atoms with van der Waals surface area (Å²) in [5, 5.41) is 10.4. The van der Waals surface area contributed by atoms with Gasteiger partial charge in [-0.25, -0.2) is 0 Å². The molecule has 2 heteroatoms. The lowest BCUT2D eigenvalue weighted by molar-refractivity contribution is -0.141. The van der Waals surface area contributed by atoms with E-state index in [9.17, 15) is 9.90 Å². The SMILES string of the molecule is CC1=C(O)C(=O)C=C2C3CCC4C5CC(C)CCC5(C)CCC4(C)C3CCC21C. The van der Waals surface area contributed by atoms with E-state index in [1.165, 1.54) is 56.9 Å². The molecule has 0 aromatic heterocycles. The average molecular weight is 397 g/mol.